The molecule has 124 valence electrons. The molecule has 0 saturated carbocycles. The third kappa shape index (κ3) is 9.39. The highest BCUT2D eigenvalue weighted by atomic mass is 79.9. The van der Waals surface area contributed by atoms with Gasteiger partial charge in [-0.3, -0.25) is 0 Å². The van der Waals surface area contributed by atoms with E-state index in [9.17, 15) is 0 Å². The predicted octanol–water partition coefficient (Wildman–Crippen LogP) is 7.66. The van der Waals surface area contributed by atoms with Crippen molar-refractivity contribution in [3.63, 3.8) is 0 Å². The molecule has 0 fully saturated rings. The van der Waals surface area contributed by atoms with Crippen LogP contribution in [0.1, 0.15) is 105 Å². The fourth-order valence-electron chi connectivity index (χ4n) is 3.18. The summed E-state index contributed by atoms with van der Waals surface area (Å²) < 4.78 is 0.406. The van der Waals surface area contributed by atoms with Crippen molar-refractivity contribution in [3.8, 4) is 0 Å². The first kappa shape index (κ1) is 22.7. The van der Waals surface area contributed by atoms with Crippen LogP contribution in [0, 0.1) is 5.92 Å². The number of hydrogen-bond acceptors (Lipinski definition) is 1. The highest BCUT2D eigenvalue weighted by Crippen LogP contribution is 2.39. The number of hydrogen-bond donors (Lipinski definition) is 1. The Hall–Kier alpha value is 0.440. The summed E-state index contributed by atoms with van der Waals surface area (Å²) in [6.07, 6.45) is 16.7. The largest absolute Gasteiger partial charge is 0.344 e. The number of rotatable bonds is 13. The van der Waals surface area contributed by atoms with E-state index in [4.69, 9.17) is 0 Å². The van der Waals surface area contributed by atoms with Crippen molar-refractivity contribution < 1.29 is 0 Å². The molecule has 0 aliphatic rings. The molecule has 0 aromatic carbocycles. The maximum Gasteiger partial charge on any atom is 0.0280 e. The molecule has 0 spiro atoms. The predicted molar refractivity (Wildman–Crippen MR) is 98.3 cm³/mol. The zero-order chi connectivity index (χ0) is 14.6. The Kier molecular flexibility index (Phi) is 16.3. The van der Waals surface area contributed by atoms with Gasteiger partial charge in [-0.05, 0) is 25.2 Å². The Morgan fingerprint density at radius 2 is 1.20 bits per heavy atom. The van der Waals surface area contributed by atoms with Crippen LogP contribution in [0.4, 0.5) is 0 Å². The Morgan fingerprint density at radius 1 is 0.750 bits per heavy atom. The van der Waals surface area contributed by atoms with Gasteiger partial charge in [0.05, 0.1) is 0 Å². The van der Waals surface area contributed by atoms with Gasteiger partial charge in [-0.25, -0.2) is 0 Å². The van der Waals surface area contributed by atoms with Crippen LogP contribution < -0.4 is 6.15 Å². The van der Waals surface area contributed by atoms with Crippen molar-refractivity contribution in [1.82, 2.24) is 6.15 Å². The van der Waals surface area contributed by atoms with Crippen LogP contribution in [0.15, 0.2) is 0 Å². The second-order valence-corrected chi connectivity index (χ2v) is 7.69. The van der Waals surface area contributed by atoms with Crippen LogP contribution in [-0.2, 0) is 0 Å². The van der Waals surface area contributed by atoms with Crippen molar-refractivity contribution in [3.05, 3.63) is 0 Å². The van der Waals surface area contributed by atoms with E-state index in [1.54, 1.807) is 0 Å². The quantitative estimate of drug-likeness (QED) is 0.268. The third-order valence-corrected chi connectivity index (χ3v) is 6.58. The maximum absolute atomic E-state index is 4.02. The van der Waals surface area contributed by atoms with Crippen molar-refractivity contribution >= 4 is 15.9 Å². The summed E-state index contributed by atoms with van der Waals surface area (Å²) in [6, 6.07) is 0. The summed E-state index contributed by atoms with van der Waals surface area (Å²) in [4.78, 5) is 0. The Morgan fingerprint density at radius 3 is 1.60 bits per heavy atom. The van der Waals surface area contributed by atoms with Crippen LogP contribution in [0.2, 0.25) is 0 Å². The molecule has 20 heavy (non-hydrogen) atoms. The van der Waals surface area contributed by atoms with Gasteiger partial charge < -0.3 is 6.15 Å². The molecular formula is C18H40BrN. The number of halogens is 1. The summed E-state index contributed by atoms with van der Waals surface area (Å²) in [5.74, 6) is 0.864. The van der Waals surface area contributed by atoms with E-state index in [0.29, 0.717) is 4.32 Å². The standard InChI is InChI=1S/C18H37Br.H3N/c1-5-9-10-11-12-13-14-15-16-17(6-2)18(19,7-3)8-4;/h17H,5-16H2,1-4H3;1H3. The van der Waals surface area contributed by atoms with Gasteiger partial charge in [0.1, 0.15) is 0 Å². The Labute approximate surface area is 137 Å². The molecule has 0 rings (SSSR count). The van der Waals surface area contributed by atoms with E-state index in [1.165, 1.54) is 77.0 Å². The van der Waals surface area contributed by atoms with Crippen LogP contribution >= 0.6 is 15.9 Å². The van der Waals surface area contributed by atoms with Crippen LogP contribution in [0.5, 0.6) is 0 Å². The summed E-state index contributed by atoms with van der Waals surface area (Å²) in [5, 5.41) is 0. The lowest BCUT2D eigenvalue weighted by atomic mass is 9.82. The molecule has 0 amide bonds. The second-order valence-electron chi connectivity index (χ2n) is 6.11. The monoisotopic (exact) mass is 349 g/mol. The van der Waals surface area contributed by atoms with Gasteiger partial charge in [0.25, 0.3) is 0 Å². The topological polar surface area (TPSA) is 35.0 Å². The first-order chi connectivity index (χ1) is 9.14. The molecule has 0 aliphatic heterocycles. The zero-order valence-corrected chi connectivity index (χ0v) is 16.2. The third-order valence-electron chi connectivity index (χ3n) is 4.81. The van der Waals surface area contributed by atoms with Crippen molar-refractivity contribution in [2.75, 3.05) is 0 Å². The fraction of sp³-hybridized carbons (Fsp3) is 1.00. The summed E-state index contributed by atoms with van der Waals surface area (Å²) >= 11 is 4.02. The molecule has 3 N–H and O–H groups in total. The minimum Gasteiger partial charge on any atom is -0.344 e. The highest BCUT2D eigenvalue weighted by Gasteiger charge is 2.30. The van der Waals surface area contributed by atoms with Crippen LogP contribution in [0.3, 0.4) is 0 Å². The van der Waals surface area contributed by atoms with E-state index in [0.717, 1.165) is 5.92 Å². The molecule has 1 nitrogen and oxygen atoms in total. The maximum atomic E-state index is 4.02. The summed E-state index contributed by atoms with van der Waals surface area (Å²) in [6.45, 7) is 9.30. The van der Waals surface area contributed by atoms with Crippen LogP contribution in [-0.4, -0.2) is 4.32 Å². The molecule has 0 heterocycles. The first-order valence-corrected chi connectivity index (χ1v) is 9.62. The lowest BCUT2D eigenvalue weighted by Crippen LogP contribution is -2.29. The average Bonchev–Trinajstić information content (AvgIpc) is 2.45. The lowest BCUT2D eigenvalue weighted by Gasteiger charge is -2.34. The fourth-order valence-corrected chi connectivity index (χ4v) is 3.73. The highest BCUT2D eigenvalue weighted by molar-refractivity contribution is 9.10. The first-order valence-electron chi connectivity index (χ1n) is 8.83. The minimum absolute atomic E-state index is 0. The Bertz CT molecular complexity index is 190. The summed E-state index contributed by atoms with van der Waals surface area (Å²) in [7, 11) is 0. The molecule has 1 unspecified atom stereocenters. The van der Waals surface area contributed by atoms with E-state index >= 15 is 0 Å². The molecule has 1 atom stereocenters. The van der Waals surface area contributed by atoms with E-state index in [2.05, 4.69) is 43.6 Å². The van der Waals surface area contributed by atoms with Crippen LogP contribution in [0.25, 0.3) is 0 Å². The number of alkyl halides is 1. The number of unbranched alkanes of at least 4 members (excludes halogenated alkanes) is 7. The summed E-state index contributed by atoms with van der Waals surface area (Å²) in [5.41, 5.74) is 0. The van der Waals surface area contributed by atoms with Gasteiger partial charge in [0, 0.05) is 4.32 Å². The second kappa shape index (κ2) is 14.4. The average molecular weight is 350 g/mol. The lowest BCUT2D eigenvalue weighted by molar-refractivity contribution is 0.321. The molecule has 0 radical (unpaired) electrons. The molecule has 0 bridgehead atoms. The molecule has 0 saturated heterocycles. The van der Waals surface area contributed by atoms with E-state index in [-0.39, 0.29) is 6.15 Å². The van der Waals surface area contributed by atoms with Gasteiger partial charge in [0.2, 0.25) is 0 Å². The Balaban J connectivity index is 0. The molecule has 2 heteroatoms. The van der Waals surface area contributed by atoms with Gasteiger partial charge >= 0.3 is 0 Å². The normalized spacial score (nSPS) is 13.1. The van der Waals surface area contributed by atoms with Crippen molar-refractivity contribution in [2.45, 2.75) is 109 Å². The molecule has 0 aliphatic carbocycles. The van der Waals surface area contributed by atoms with Gasteiger partial charge in [-0.15, -0.1) is 0 Å². The van der Waals surface area contributed by atoms with Gasteiger partial charge in [-0.1, -0.05) is 101 Å². The molecule has 0 aromatic rings. The minimum atomic E-state index is 0. The van der Waals surface area contributed by atoms with Crippen molar-refractivity contribution in [2.24, 2.45) is 5.92 Å². The molecule has 0 aromatic heterocycles. The van der Waals surface area contributed by atoms with E-state index < -0.39 is 0 Å². The molecular weight excluding hydrogens is 310 g/mol. The van der Waals surface area contributed by atoms with Gasteiger partial charge in [-0.2, -0.15) is 0 Å². The van der Waals surface area contributed by atoms with Crippen molar-refractivity contribution in [1.29, 1.82) is 0 Å². The van der Waals surface area contributed by atoms with E-state index in [1.807, 2.05) is 0 Å². The SMILES string of the molecule is CCCCCCCCCCC(CC)C(Br)(CC)CC.N. The smallest absolute Gasteiger partial charge is 0.0280 e. The zero-order valence-electron chi connectivity index (χ0n) is 14.6. The van der Waals surface area contributed by atoms with Gasteiger partial charge in [0.15, 0.2) is 0 Å².